The van der Waals surface area contributed by atoms with Crippen molar-refractivity contribution in [1.82, 2.24) is 19.3 Å². The van der Waals surface area contributed by atoms with Gasteiger partial charge < -0.3 is 16.4 Å². The summed E-state index contributed by atoms with van der Waals surface area (Å²) in [4.78, 5) is 34.8. The Bertz CT molecular complexity index is 1120. The molecule has 5 rings (SSSR count). The van der Waals surface area contributed by atoms with Crippen LogP contribution in [0.4, 0.5) is 5.82 Å². The number of nitrogen functional groups attached to an aromatic ring is 1. The van der Waals surface area contributed by atoms with Gasteiger partial charge in [-0.25, -0.2) is 9.97 Å². The van der Waals surface area contributed by atoms with E-state index in [9.17, 15) is 9.59 Å². The zero-order valence-corrected chi connectivity index (χ0v) is 15.9. The monoisotopic (exact) mass is 390 g/mol. The van der Waals surface area contributed by atoms with Gasteiger partial charge in [0.05, 0.1) is 0 Å². The topological polar surface area (TPSA) is 120 Å². The Balaban J connectivity index is 1.59. The van der Waals surface area contributed by atoms with Crippen molar-refractivity contribution in [2.75, 3.05) is 12.3 Å². The molecule has 0 spiro atoms. The fourth-order valence-electron chi connectivity index (χ4n) is 4.65. The number of rotatable bonds is 3. The maximum absolute atomic E-state index is 12.2. The van der Waals surface area contributed by atoms with Crippen molar-refractivity contribution in [2.45, 2.75) is 37.6 Å². The lowest BCUT2D eigenvalue weighted by Gasteiger charge is -2.34. The van der Waals surface area contributed by atoms with E-state index in [1.165, 1.54) is 0 Å². The van der Waals surface area contributed by atoms with E-state index >= 15 is 0 Å². The van der Waals surface area contributed by atoms with E-state index in [-0.39, 0.29) is 11.8 Å². The highest BCUT2D eigenvalue weighted by Crippen LogP contribution is 2.37. The molecule has 148 valence electrons. The third-order valence-electron chi connectivity index (χ3n) is 6.14. The van der Waals surface area contributed by atoms with Gasteiger partial charge in [-0.05, 0) is 31.4 Å². The summed E-state index contributed by atoms with van der Waals surface area (Å²) in [6, 6.07) is 7.38. The average molecular weight is 390 g/mol. The van der Waals surface area contributed by atoms with Gasteiger partial charge in [0.1, 0.15) is 22.9 Å². The zero-order chi connectivity index (χ0) is 20.1. The molecule has 2 atom stereocenters. The van der Waals surface area contributed by atoms with Crippen LogP contribution in [0.25, 0.3) is 16.8 Å². The number of nitrogens with two attached hydrogens (primary N) is 2. The van der Waals surface area contributed by atoms with Crippen LogP contribution in [0.15, 0.2) is 36.7 Å². The van der Waals surface area contributed by atoms with Crippen molar-refractivity contribution in [1.29, 1.82) is 0 Å². The van der Waals surface area contributed by atoms with Gasteiger partial charge in [-0.15, -0.1) is 0 Å². The Morgan fingerprint density at radius 1 is 1.14 bits per heavy atom. The number of carbonyl (C=O) groups is 2. The molecule has 0 unspecified atom stereocenters. The molecule has 2 aromatic heterocycles. The predicted octanol–water partition coefficient (Wildman–Crippen LogP) is 1.95. The number of benzene rings is 1. The van der Waals surface area contributed by atoms with Crippen molar-refractivity contribution in [3.8, 4) is 11.3 Å². The van der Waals surface area contributed by atoms with Gasteiger partial charge in [0.15, 0.2) is 0 Å². The molecule has 8 nitrogen and oxygen atoms in total. The van der Waals surface area contributed by atoms with Gasteiger partial charge in [0.25, 0.3) is 0 Å². The van der Waals surface area contributed by atoms with E-state index in [0.717, 1.165) is 41.9 Å². The molecule has 1 aromatic carbocycles. The second-order valence-corrected chi connectivity index (χ2v) is 7.80. The molecule has 2 amide bonds. The molecular weight excluding hydrogens is 368 g/mol. The number of amides is 2. The Hall–Kier alpha value is -3.42. The molecule has 0 saturated carbocycles. The summed E-state index contributed by atoms with van der Waals surface area (Å²) in [5.41, 5.74) is 14.3. The van der Waals surface area contributed by atoms with E-state index in [0.29, 0.717) is 30.4 Å². The van der Waals surface area contributed by atoms with Gasteiger partial charge in [-0.2, -0.15) is 0 Å². The Morgan fingerprint density at radius 3 is 2.69 bits per heavy atom. The van der Waals surface area contributed by atoms with Crippen molar-refractivity contribution >= 4 is 23.1 Å². The molecule has 2 aliphatic heterocycles. The summed E-state index contributed by atoms with van der Waals surface area (Å²) < 4.78 is 1.99. The molecule has 0 aliphatic carbocycles. The Kier molecular flexibility index (Phi) is 4.01. The predicted molar refractivity (Wildman–Crippen MR) is 108 cm³/mol. The fraction of sp³-hybridized carbons (Fsp3) is 0.333. The number of anilines is 1. The van der Waals surface area contributed by atoms with E-state index in [1.54, 1.807) is 18.3 Å². The van der Waals surface area contributed by atoms with E-state index in [4.69, 9.17) is 16.5 Å². The quantitative estimate of drug-likeness (QED) is 0.708. The molecule has 3 aromatic rings. The number of carbonyl (C=O) groups excluding carboxylic acids is 2. The molecule has 4 heterocycles. The first kappa shape index (κ1) is 17.7. The van der Waals surface area contributed by atoms with E-state index in [1.807, 2.05) is 27.6 Å². The van der Waals surface area contributed by atoms with Crippen LogP contribution in [0, 0.1) is 0 Å². The zero-order valence-electron chi connectivity index (χ0n) is 15.9. The average Bonchev–Trinajstić information content (AvgIpc) is 3.30. The minimum absolute atomic E-state index is 0.140. The maximum atomic E-state index is 12.2. The Morgan fingerprint density at radius 2 is 1.93 bits per heavy atom. The third-order valence-corrected chi connectivity index (χ3v) is 6.14. The molecule has 2 fully saturated rings. The number of primary amides is 1. The van der Waals surface area contributed by atoms with Crippen LogP contribution in [0.5, 0.6) is 0 Å². The molecule has 4 N–H and O–H groups in total. The minimum Gasteiger partial charge on any atom is -0.382 e. The number of imidazole rings is 1. The highest BCUT2D eigenvalue weighted by Gasteiger charge is 2.38. The molecule has 0 bridgehead atoms. The fourth-order valence-corrected chi connectivity index (χ4v) is 4.65. The SMILES string of the molecule is NC(=O)c1ccc(-c2nc([C@@H]3CC[C@H]4CCC(=O)N4C3)n3ccnc(N)c23)cc1. The van der Waals surface area contributed by atoms with Gasteiger partial charge in [0.2, 0.25) is 11.8 Å². The summed E-state index contributed by atoms with van der Waals surface area (Å²) in [5.74, 6) is 1.19. The van der Waals surface area contributed by atoms with Crippen LogP contribution in [0.1, 0.15) is 47.8 Å². The second kappa shape index (κ2) is 6.58. The number of hydrogen-bond acceptors (Lipinski definition) is 5. The minimum atomic E-state index is -0.472. The summed E-state index contributed by atoms with van der Waals surface area (Å²) >= 11 is 0. The molecular formula is C21H22N6O2. The first-order valence-electron chi connectivity index (χ1n) is 9.85. The van der Waals surface area contributed by atoms with Crippen molar-refractivity contribution in [3.05, 3.63) is 48.0 Å². The summed E-state index contributed by atoms with van der Waals surface area (Å²) in [5, 5.41) is 0. The number of nitrogens with zero attached hydrogens (tertiary/aromatic N) is 4. The number of fused-ring (bicyclic) bond motifs is 2. The number of piperidine rings is 1. The molecule has 2 aliphatic rings. The first-order chi connectivity index (χ1) is 14.0. The van der Waals surface area contributed by atoms with Crippen LogP contribution in [-0.4, -0.2) is 43.7 Å². The standard InChI is InChI=1S/C21H22N6O2/c22-19-18-17(12-1-3-13(4-2-12)20(23)29)25-21(26(18)10-9-24-19)14-5-6-15-7-8-16(28)27(15)11-14/h1-4,9-10,14-15H,5-8,11H2,(H2,22,24)(H2,23,29)/t14-,15+/m1/s1. The summed E-state index contributed by atoms with van der Waals surface area (Å²) in [6.07, 6.45) is 7.12. The van der Waals surface area contributed by atoms with Gasteiger partial charge in [0, 0.05) is 48.4 Å². The third kappa shape index (κ3) is 2.83. The highest BCUT2D eigenvalue weighted by atomic mass is 16.2. The molecule has 2 saturated heterocycles. The summed E-state index contributed by atoms with van der Waals surface area (Å²) in [7, 11) is 0. The molecule has 8 heteroatoms. The van der Waals surface area contributed by atoms with Crippen LogP contribution in [-0.2, 0) is 4.79 Å². The van der Waals surface area contributed by atoms with Crippen LogP contribution in [0.3, 0.4) is 0 Å². The van der Waals surface area contributed by atoms with Crippen LogP contribution in [0.2, 0.25) is 0 Å². The van der Waals surface area contributed by atoms with Crippen molar-refractivity contribution in [3.63, 3.8) is 0 Å². The van der Waals surface area contributed by atoms with E-state index in [2.05, 4.69) is 4.98 Å². The number of aromatic nitrogens is 3. The molecule has 29 heavy (non-hydrogen) atoms. The number of hydrogen-bond donors (Lipinski definition) is 2. The highest BCUT2D eigenvalue weighted by molar-refractivity contribution is 5.94. The van der Waals surface area contributed by atoms with Crippen LogP contribution >= 0.6 is 0 Å². The maximum Gasteiger partial charge on any atom is 0.248 e. The van der Waals surface area contributed by atoms with E-state index < -0.39 is 5.91 Å². The lowest BCUT2D eigenvalue weighted by molar-refractivity contribution is -0.130. The first-order valence-corrected chi connectivity index (χ1v) is 9.85. The smallest absolute Gasteiger partial charge is 0.248 e. The molecule has 0 radical (unpaired) electrons. The van der Waals surface area contributed by atoms with Gasteiger partial charge in [-0.3, -0.25) is 14.0 Å². The van der Waals surface area contributed by atoms with Crippen molar-refractivity contribution in [2.24, 2.45) is 5.73 Å². The van der Waals surface area contributed by atoms with Crippen LogP contribution < -0.4 is 11.5 Å². The largest absolute Gasteiger partial charge is 0.382 e. The van der Waals surface area contributed by atoms with Gasteiger partial charge >= 0.3 is 0 Å². The normalized spacial score (nSPS) is 21.5. The Labute approximate surface area is 167 Å². The second-order valence-electron chi connectivity index (χ2n) is 7.80. The lowest BCUT2D eigenvalue weighted by Crippen LogP contribution is -2.41. The summed E-state index contributed by atoms with van der Waals surface area (Å²) in [6.45, 7) is 0.685. The van der Waals surface area contributed by atoms with Gasteiger partial charge in [-0.1, -0.05) is 12.1 Å². The lowest BCUT2D eigenvalue weighted by atomic mass is 9.92. The van der Waals surface area contributed by atoms with Crippen molar-refractivity contribution < 1.29 is 9.59 Å².